The number of nitrogens with zero attached hydrogens (tertiary/aromatic N) is 2. The normalized spacial score (nSPS) is 28.0. The summed E-state index contributed by atoms with van der Waals surface area (Å²) >= 11 is 12.3. The predicted molar refractivity (Wildman–Crippen MR) is 72.3 cm³/mol. The Labute approximate surface area is 115 Å². The number of hydrazone groups is 1. The lowest BCUT2D eigenvalue weighted by atomic mass is 10.0. The van der Waals surface area contributed by atoms with Gasteiger partial charge in [0.1, 0.15) is 10.3 Å². The maximum atomic E-state index is 12.1. The van der Waals surface area contributed by atoms with Crippen LogP contribution in [0, 0.1) is 0 Å². The fourth-order valence-corrected chi connectivity index (χ4v) is 2.07. The molecule has 1 aliphatic heterocycles. The third kappa shape index (κ3) is 2.06. The van der Waals surface area contributed by atoms with E-state index in [1.807, 2.05) is 18.2 Å². The van der Waals surface area contributed by atoms with Gasteiger partial charge < -0.3 is 4.74 Å². The first-order chi connectivity index (χ1) is 8.48. The van der Waals surface area contributed by atoms with E-state index in [2.05, 4.69) is 5.10 Å². The Morgan fingerprint density at radius 1 is 1.39 bits per heavy atom. The molecule has 96 valence electrons. The minimum absolute atomic E-state index is 0.215. The van der Waals surface area contributed by atoms with E-state index in [0.29, 0.717) is 5.69 Å². The fourth-order valence-electron chi connectivity index (χ4n) is 1.68. The van der Waals surface area contributed by atoms with Crippen molar-refractivity contribution in [3.8, 4) is 0 Å². The van der Waals surface area contributed by atoms with Gasteiger partial charge in [0.2, 0.25) is 5.90 Å². The summed E-state index contributed by atoms with van der Waals surface area (Å²) in [5, 5.41) is 4.39. The molecule has 4 nitrogen and oxygen atoms in total. The van der Waals surface area contributed by atoms with Gasteiger partial charge in [-0.25, -0.2) is 0 Å². The highest BCUT2D eigenvalue weighted by Gasteiger charge is 2.48. The zero-order valence-electron chi connectivity index (χ0n) is 9.93. The quantitative estimate of drug-likeness (QED) is 0.745. The second-order valence-corrected chi connectivity index (χ2v) is 5.25. The molecule has 6 heteroatoms. The fraction of sp³-hybridized carbons (Fsp3) is 0.333. The second kappa shape index (κ2) is 4.78. The van der Waals surface area contributed by atoms with Gasteiger partial charge in [0, 0.05) is 0 Å². The van der Waals surface area contributed by atoms with E-state index in [1.54, 1.807) is 19.1 Å². The van der Waals surface area contributed by atoms with Crippen molar-refractivity contribution in [3.63, 3.8) is 0 Å². The lowest BCUT2D eigenvalue weighted by Crippen LogP contribution is -2.54. The van der Waals surface area contributed by atoms with Crippen LogP contribution in [0.5, 0.6) is 0 Å². The lowest BCUT2D eigenvalue weighted by Gasteiger charge is -2.34. The van der Waals surface area contributed by atoms with Crippen LogP contribution in [0.4, 0.5) is 5.69 Å². The third-order valence-corrected chi connectivity index (χ3v) is 3.82. The van der Waals surface area contributed by atoms with E-state index >= 15 is 0 Å². The van der Waals surface area contributed by atoms with E-state index in [9.17, 15) is 4.79 Å². The van der Waals surface area contributed by atoms with Gasteiger partial charge in [-0.05, 0) is 19.1 Å². The van der Waals surface area contributed by atoms with Crippen LogP contribution in [0.2, 0.25) is 0 Å². The Morgan fingerprint density at radius 3 is 2.56 bits per heavy atom. The molecule has 0 fully saturated rings. The topological polar surface area (TPSA) is 41.9 Å². The van der Waals surface area contributed by atoms with Crippen LogP contribution in [-0.4, -0.2) is 29.2 Å². The Morgan fingerprint density at radius 2 is 2.00 bits per heavy atom. The molecule has 0 bridgehead atoms. The van der Waals surface area contributed by atoms with Crippen molar-refractivity contribution in [3.05, 3.63) is 30.3 Å². The van der Waals surface area contributed by atoms with Crippen LogP contribution < -0.4 is 5.01 Å². The zero-order valence-corrected chi connectivity index (χ0v) is 11.4. The van der Waals surface area contributed by atoms with Crippen molar-refractivity contribution in [1.82, 2.24) is 0 Å². The van der Waals surface area contributed by atoms with E-state index in [4.69, 9.17) is 27.9 Å². The number of hydrogen-bond donors (Lipinski definition) is 0. The number of hydrogen-bond acceptors (Lipinski definition) is 3. The first kappa shape index (κ1) is 13.2. The maximum Gasteiger partial charge on any atom is 0.267 e. The van der Waals surface area contributed by atoms with Crippen molar-refractivity contribution in [1.29, 1.82) is 0 Å². The Balaban J connectivity index is 2.47. The molecule has 0 radical (unpaired) electrons. The van der Waals surface area contributed by atoms with Crippen LogP contribution in [0.1, 0.15) is 6.92 Å². The smallest absolute Gasteiger partial charge is 0.267 e. The molecule has 18 heavy (non-hydrogen) atoms. The Kier molecular flexibility index (Phi) is 3.50. The number of para-hydroxylation sites is 1. The summed E-state index contributed by atoms with van der Waals surface area (Å²) in [6.45, 7) is 1.61. The molecule has 1 aromatic rings. The summed E-state index contributed by atoms with van der Waals surface area (Å²) in [7, 11) is 1.45. The Bertz CT molecular complexity index is 488. The van der Waals surface area contributed by atoms with Gasteiger partial charge in [0.05, 0.1) is 12.8 Å². The highest BCUT2D eigenvalue weighted by molar-refractivity contribution is 6.47. The number of amides is 1. The van der Waals surface area contributed by atoms with Gasteiger partial charge in [-0.3, -0.25) is 4.79 Å². The molecule has 0 aliphatic carbocycles. The Hall–Kier alpha value is -1.26. The van der Waals surface area contributed by atoms with Crippen LogP contribution >= 0.6 is 23.2 Å². The van der Waals surface area contributed by atoms with Gasteiger partial charge in [-0.2, -0.15) is 5.01 Å². The van der Waals surface area contributed by atoms with Crippen molar-refractivity contribution < 1.29 is 9.53 Å². The minimum Gasteiger partial charge on any atom is -0.482 e. The molecule has 0 saturated carbocycles. The van der Waals surface area contributed by atoms with Crippen LogP contribution in [0.3, 0.4) is 0 Å². The maximum absolute atomic E-state index is 12.1. The number of alkyl halides is 2. The van der Waals surface area contributed by atoms with Crippen LogP contribution in [0.25, 0.3) is 0 Å². The summed E-state index contributed by atoms with van der Waals surface area (Å²) in [4.78, 5) is 11.0. The minimum atomic E-state index is -1.14. The number of ether oxygens (including phenoxy) is 1. The number of carbonyl (C=O) groups is 1. The van der Waals surface area contributed by atoms with Gasteiger partial charge in [-0.1, -0.05) is 18.2 Å². The van der Waals surface area contributed by atoms with Gasteiger partial charge in [-0.15, -0.1) is 28.3 Å². The average molecular weight is 287 g/mol. The number of anilines is 1. The van der Waals surface area contributed by atoms with E-state index < -0.39 is 10.3 Å². The van der Waals surface area contributed by atoms with Gasteiger partial charge in [0.15, 0.2) is 0 Å². The summed E-state index contributed by atoms with van der Waals surface area (Å²) in [5.74, 6) is -0.159. The molecular weight excluding hydrogens is 275 g/mol. The number of halogens is 2. The lowest BCUT2D eigenvalue weighted by molar-refractivity contribution is -0.119. The molecule has 1 aliphatic rings. The third-order valence-electron chi connectivity index (χ3n) is 2.70. The van der Waals surface area contributed by atoms with Crippen LogP contribution in [-0.2, 0) is 9.53 Å². The molecule has 0 N–H and O–H groups in total. The molecule has 2 unspecified atom stereocenters. The van der Waals surface area contributed by atoms with Crippen molar-refractivity contribution in [2.24, 2.45) is 5.10 Å². The summed E-state index contributed by atoms with van der Waals surface area (Å²) in [6.07, 6.45) is 0. The molecule has 1 heterocycles. The number of carbonyl (C=O) groups excluding carboxylic acids is 1. The second-order valence-electron chi connectivity index (χ2n) is 4.03. The van der Waals surface area contributed by atoms with E-state index in [0.717, 1.165) is 0 Å². The molecule has 2 atom stereocenters. The molecule has 1 amide bonds. The summed E-state index contributed by atoms with van der Waals surface area (Å²) < 4.78 is 5.12. The SMILES string of the molecule is COC1=NN(c2ccccc2)C(=O)C(Cl)C1(C)Cl. The number of methoxy groups -OCH3 is 1. The first-order valence-corrected chi connectivity index (χ1v) is 6.15. The highest BCUT2D eigenvalue weighted by Crippen LogP contribution is 2.33. The molecule has 2 rings (SSSR count). The first-order valence-electron chi connectivity index (χ1n) is 5.33. The monoisotopic (exact) mass is 286 g/mol. The summed E-state index contributed by atoms with van der Waals surface area (Å²) in [5.41, 5.74) is 0.620. The van der Waals surface area contributed by atoms with E-state index in [1.165, 1.54) is 12.1 Å². The molecular formula is C12H12Cl2N2O2. The summed E-state index contributed by atoms with van der Waals surface area (Å²) in [6, 6.07) is 8.98. The van der Waals surface area contributed by atoms with E-state index in [-0.39, 0.29) is 11.8 Å². The number of benzene rings is 1. The zero-order chi connectivity index (χ0) is 13.3. The van der Waals surface area contributed by atoms with Crippen molar-refractivity contribution in [2.45, 2.75) is 17.2 Å². The van der Waals surface area contributed by atoms with Crippen molar-refractivity contribution >= 4 is 40.7 Å². The highest BCUT2D eigenvalue weighted by atomic mass is 35.5. The van der Waals surface area contributed by atoms with Crippen LogP contribution in [0.15, 0.2) is 35.4 Å². The van der Waals surface area contributed by atoms with Crippen molar-refractivity contribution in [2.75, 3.05) is 12.1 Å². The molecule has 1 aromatic carbocycles. The number of rotatable bonds is 1. The standard InChI is InChI=1S/C12H12Cl2N2O2/c1-12(14)9(13)10(17)16(15-11(12)18-2)8-6-4-3-5-7-8/h3-7,9H,1-2H3. The largest absolute Gasteiger partial charge is 0.482 e. The van der Waals surface area contributed by atoms with Gasteiger partial charge >= 0.3 is 0 Å². The average Bonchev–Trinajstić information content (AvgIpc) is 2.38. The molecule has 0 aromatic heterocycles. The predicted octanol–water partition coefficient (Wildman–Crippen LogP) is 2.60. The van der Waals surface area contributed by atoms with Gasteiger partial charge in [0.25, 0.3) is 5.91 Å². The molecule has 0 spiro atoms. The molecule has 0 saturated heterocycles.